The van der Waals surface area contributed by atoms with Crippen LogP contribution in [0.3, 0.4) is 0 Å². The Bertz CT molecular complexity index is 1060. The molecule has 0 spiro atoms. The topological polar surface area (TPSA) is 122 Å². The van der Waals surface area contributed by atoms with Crippen LogP contribution >= 0.6 is 0 Å². The molecule has 2 amide bonds. The molecule has 0 aliphatic carbocycles. The lowest BCUT2D eigenvalue weighted by molar-refractivity contribution is -0.131. The number of carbonyl (C=O) groups is 2. The second kappa shape index (κ2) is 8.14. The first kappa shape index (κ1) is 21.0. The molecule has 2 aromatic rings. The number of rotatable bonds is 5. The van der Waals surface area contributed by atoms with Crippen molar-refractivity contribution in [3.8, 4) is 17.2 Å². The van der Waals surface area contributed by atoms with Gasteiger partial charge < -0.3 is 21.1 Å². The standard InChI is InChI=1S/C24H26N4O3/c1-28-21-11-17(6-7-18(21)12-22(28)29)16-4-2-15(3-5-16)10-19(13-25)20-14-31-9-8-24(20,27)23(26)30/h2-7,11,19-20H,8-10,12,14,27H2,1H3,(H2,26,30). The summed E-state index contributed by atoms with van der Waals surface area (Å²) in [6.07, 6.45) is 1.22. The lowest BCUT2D eigenvalue weighted by Crippen LogP contribution is -2.63. The van der Waals surface area contributed by atoms with Crippen molar-refractivity contribution >= 4 is 17.5 Å². The molecule has 4 rings (SSSR count). The summed E-state index contributed by atoms with van der Waals surface area (Å²) in [7, 11) is 1.79. The van der Waals surface area contributed by atoms with E-state index < -0.39 is 23.3 Å². The van der Waals surface area contributed by atoms with Gasteiger partial charge >= 0.3 is 0 Å². The van der Waals surface area contributed by atoms with E-state index in [4.69, 9.17) is 16.2 Å². The summed E-state index contributed by atoms with van der Waals surface area (Å²) >= 11 is 0. The predicted octanol–water partition coefficient (Wildman–Crippen LogP) is 1.77. The molecule has 0 aromatic heterocycles. The van der Waals surface area contributed by atoms with E-state index in [1.807, 2.05) is 42.5 Å². The van der Waals surface area contributed by atoms with Gasteiger partial charge in [0, 0.05) is 25.3 Å². The molecular formula is C24H26N4O3. The van der Waals surface area contributed by atoms with E-state index in [0.29, 0.717) is 25.9 Å². The fraction of sp³-hybridized carbons (Fsp3) is 0.375. The van der Waals surface area contributed by atoms with Gasteiger partial charge in [-0.2, -0.15) is 5.26 Å². The van der Waals surface area contributed by atoms with Crippen LogP contribution in [-0.4, -0.2) is 37.6 Å². The van der Waals surface area contributed by atoms with Gasteiger partial charge in [0.1, 0.15) is 5.54 Å². The zero-order valence-electron chi connectivity index (χ0n) is 17.5. The van der Waals surface area contributed by atoms with Crippen LogP contribution in [0, 0.1) is 23.2 Å². The van der Waals surface area contributed by atoms with Crippen molar-refractivity contribution in [1.29, 1.82) is 5.26 Å². The molecule has 2 aliphatic rings. The van der Waals surface area contributed by atoms with Gasteiger partial charge in [-0.25, -0.2) is 0 Å². The summed E-state index contributed by atoms with van der Waals surface area (Å²) in [6, 6.07) is 16.3. The van der Waals surface area contributed by atoms with Gasteiger partial charge in [0.25, 0.3) is 0 Å². The maximum absolute atomic E-state index is 12.0. The van der Waals surface area contributed by atoms with Crippen LogP contribution < -0.4 is 16.4 Å². The highest BCUT2D eigenvalue weighted by molar-refractivity contribution is 6.01. The SMILES string of the molecule is CN1C(=O)Cc2ccc(-c3ccc(CC(C#N)C4COCCC4(N)C(N)=O)cc3)cc21. The molecular weight excluding hydrogens is 392 g/mol. The van der Waals surface area contributed by atoms with Crippen molar-refractivity contribution in [3.63, 3.8) is 0 Å². The fourth-order valence-electron chi connectivity index (χ4n) is 4.55. The number of hydrogen-bond donors (Lipinski definition) is 2. The van der Waals surface area contributed by atoms with Crippen molar-refractivity contribution in [1.82, 2.24) is 0 Å². The van der Waals surface area contributed by atoms with Crippen molar-refractivity contribution in [2.75, 3.05) is 25.2 Å². The highest BCUT2D eigenvalue weighted by Gasteiger charge is 2.47. The number of nitriles is 1. The van der Waals surface area contributed by atoms with E-state index in [1.54, 1.807) is 11.9 Å². The largest absolute Gasteiger partial charge is 0.381 e. The molecule has 2 heterocycles. The Kier molecular flexibility index (Phi) is 5.52. The Morgan fingerprint density at radius 2 is 2.00 bits per heavy atom. The number of anilines is 1. The average molecular weight is 418 g/mol. The van der Waals surface area contributed by atoms with Crippen LogP contribution in [0.5, 0.6) is 0 Å². The second-order valence-corrected chi connectivity index (χ2v) is 8.45. The lowest BCUT2D eigenvalue weighted by Gasteiger charge is -2.40. The van der Waals surface area contributed by atoms with E-state index in [-0.39, 0.29) is 12.5 Å². The van der Waals surface area contributed by atoms with E-state index in [1.165, 1.54) is 0 Å². The summed E-state index contributed by atoms with van der Waals surface area (Å²) in [4.78, 5) is 25.6. The molecule has 3 atom stereocenters. The second-order valence-electron chi connectivity index (χ2n) is 8.45. The molecule has 7 heteroatoms. The minimum atomic E-state index is -1.23. The van der Waals surface area contributed by atoms with Crippen LogP contribution in [0.2, 0.25) is 0 Å². The van der Waals surface area contributed by atoms with E-state index in [0.717, 1.165) is 27.9 Å². The Morgan fingerprint density at radius 3 is 2.68 bits per heavy atom. The maximum Gasteiger partial charge on any atom is 0.238 e. The molecule has 2 aliphatic heterocycles. The summed E-state index contributed by atoms with van der Waals surface area (Å²) < 4.78 is 5.51. The number of amides is 2. The van der Waals surface area contributed by atoms with Crippen LogP contribution in [-0.2, 0) is 27.2 Å². The Morgan fingerprint density at radius 1 is 1.29 bits per heavy atom. The van der Waals surface area contributed by atoms with Crippen LogP contribution in [0.15, 0.2) is 42.5 Å². The third kappa shape index (κ3) is 3.80. The van der Waals surface area contributed by atoms with Crippen LogP contribution in [0.4, 0.5) is 5.69 Å². The van der Waals surface area contributed by atoms with E-state index in [9.17, 15) is 14.9 Å². The molecule has 1 fully saturated rings. The number of ether oxygens (including phenoxy) is 1. The Labute approximate surface area is 181 Å². The normalized spacial score (nSPS) is 23.8. The molecule has 31 heavy (non-hydrogen) atoms. The number of nitrogens with two attached hydrogens (primary N) is 2. The van der Waals surface area contributed by atoms with Gasteiger partial charge in [0.15, 0.2) is 0 Å². The zero-order valence-corrected chi connectivity index (χ0v) is 17.5. The van der Waals surface area contributed by atoms with Crippen molar-refractivity contribution < 1.29 is 14.3 Å². The van der Waals surface area contributed by atoms with Crippen molar-refractivity contribution in [2.45, 2.75) is 24.8 Å². The molecule has 2 aromatic carbocycles. The molecule has 7 nitrogen and oxygen atoms in total. The number of likely N-dealkylation sites (N-methyl/N-ethyl adjacent to an activating group) is 1. The summed E-state index contributed by atoms with van der Waals surface area (Å²) in [5, 5.41) is 9.78. The van der Waals surface area contributed by atoms with Crippen LogP contribution in [0.25, 0.3) is 11.1 Å². The van der Waals surface area contributed by atoms with Gasteiger partial charge in [-0.15, -0.1) is 0 Å². The molecule has 4 N–H and O–H groups in total. The highest BCUT2D eigenvalue weighted by atomic mass is 16.5. The summed E-state index contributed by atoms with van der Waals surface area (Å²) in [6.45, 7) is 0.613. The van der Waals surface area contributed by atoms with Gasteiger partial charge in [0.05, 0.1) is 25.0 Å². The Hall–Kier alpha value is -3.21. The molecule has 0 radical (unpaired) electrons. The van der Waals surface area contributed by atoms with Crippen LogP contribution in [0.1, 0.15) is 17.5 Å². The third-order valence-electron chi connectivity index (χ3n) is 6.63. The predicted molar refractivity (Wildman–Crippen MR) is 117 cm³/mol. The molecule has 0 bridgehead atoms. The number of carbonyl (C=O) groups excluding carboxylic acids is 2. The minimum Gasteiger partial charge on any atom is -0.381 e. The first-order valence-corrected chi connectivity index (χ1v) is 10.4. The van der Waals surface area contributed by atoms with E-state index >= 15 is 0 Å². The number of benzene rings is 2. The van der Waals surface area contributed by atoms with Crippen molar-refractivity contribution in [3.05, 3.63) is 53.6 Å². The van der Waals surface area contributed by atoms with Gasteiger partial charge in [-0.1, -0.05) is 36.4 Å². The number of hydrogen-bond acceptors (Lipinski definition) is 5. The minimum absolute atomic E-state index is 0.101. The fourth-order valence-corrected chi connectivity index (χ4v) is 4.55. The molecule has 160 valence electrons. The Balaban J connectivity index is 1.53. The first-order chi connectivity index (χ1) is 14.8. The van der Waals surface area contributed by atoms with Gasteiger partial charge in [-0.05, 0) is 41.2 Å². The zero-order chi connectivity index (χ0) is 22.2. The average Bonchev–Trinajstić information content (AvgIpc) is 3.06. The van der Waals surface area contributed by atoms with E-state index in [2.05, 4.69) is 6.07 Å². The third-order valence-corrected chi connectivity index (χ3v) is 6.63. The van der Waals surface area contributed by atoms with Gasteiger partial charge in [-0.3, -0.25) is 9.59 Å². The van der Waals surface area contributed by atoms with Gasteiger partial charge in [0.2, 0.25) is 11.8 Å². The number of fused-ring (bicyclic) bond motifs is 1. The number of primary amides is 1. The molecule has 3 unspecified atom stereocenters. The molecule has 1 saturated heterocycles. The maximum atomic E-state index is 12.0. The summed E-state index contributed by atoms with van der Waals surface area (Å²) in [5.74, 6) is -1.42. The monoisotopic (exact) mass is 418 g/mol. The molecule has 0 saturated carbocycles. The number of nitrogens with zero attached hydrogens (tertiary/aromatic N) is 2. The lowest BCUT2D eigenvalue weighted by atomic mass is 9.71. The smallest absolute Gasteiger partial charge is 0.238 e. The van der Waals surface area contributed by atoms with Crippen molar-refractivity contribution in [2.24, 2.45) is 23.3 Å². The highest BCUT2D eigenvalue weighted by Crippen LogP contribution is 2.34. The summed E-state index contributed by atoms with van der Waals surface area (Å²) in [5.41, 5.74) is 15.7. The quantitative estimate of drug-likeness (QED) is 0.766. The first-order valence-electron chi connectivity index (χ1n) is 10.4.